The molecule has 1 unspecified atom stereocenters. The van der Waals surface area contributed by atoms with Gasteiger partial charge in [-0.25, -0.2) is 0 Å². The molecule has 0 aromatic heterocycles. The fourth-order valence-electron chi connectivity index (χ4n) is 2.67. The van der Waals surface area contributed by atoms with Gasteiger partial charge in [-0.3, -0.25) is 0 Å². The van der Waals surface area contributed by atoms with Crippen molar-refractivity contribution in [1.29, 1.82) is 0 Å². The van der Waals surface area contributed by atoms with Crippen LogP contribution in [-0.2, 0) is 6.42 Å². The SMILES string of the molecule is CNC(Cc1cc(C)cc(C)c1)C1(C)CC1. The van der Waals surface area contributed by atoms with Gasteiger partial charge in [0.25, 0.3) is 0 Å². The molecular weight excluding hydrogens is 194 g/mol. The van der Waals surface area contributed by atoms with Gasteiger partial charge in [-0.2, -0.15) is 0 Å². The van der Waals surface area contributed by atoms with Gasteiger partial charge in [0.15, 0.2) is 0 Å². The molecule has 88 valence electrons. The fraction of sp³-hybridized carbons (Fsp3) is 0.600. The maximum Gasteiger partial charge on any atom is 0.0158 e. The quantitative estimate of drug-likeness (QED) is 0.816. The zero-order valence-corrected chi connectivity index (χ0v) is 10.9. The van der Waals surface area contributed by atoms with Gasteiger partial charge in [0, 0.05) is 6.04 Å². The minimum absolute atomic E-state index is 0.548. The molecule has 1 aliphatic rings. The third-order valence-corrected chi connectivity index (χ3v) is 3.95. The summed E-state index contributed by atoms with van der Waals surface area (Å²) in [6, 6.07) is 7.52. The van der Waals surface area contributed by atoms with E-state index in [-0.39, 0.29) is 0 Å². The number of rotatable bonds is 4. The van der Waals surface area contributed by atoms with Crippen LogP contribution in [0.1, 0.15) is 36.5 Å². The van der Waals surface area contributed by atoms with E-state index in [2.05, 4.69) is 51.3 Å². The standard InChI is InChI=1S/C15H23N/c1-11-7-12(2)9-13(8-11)10-14(16-4)15(3)5-6-15/h7-9,14,16H,5-6,10H2,1-4H3. The second-order valence-electron chi connectivity index (χ2n) is 5.70. The van der Waals surface area contributed by atoms with Crippen LogP contribution >= 0.6 is 0 Å². The second kappa shape index (κ2) is 4.21. The lowest BCUT2D eigenvalue weighted by molar-refractivity contribution is 0.376. The van der Waals surface area contributed by atoms with E-state index in [1.807, 2.05) is 0 Å². The first-order chi connectivity index (χ1) is 7.53. The Bertz CT molecular complexity index is 357. The molecule has 2 rings (SSSR count). The monoisotopic (exact) mass is 217 g/mol. The van der Waals surface area contributed by atoms with Crippen LogP contribution in [0.2, 0.25) is 0 Å². The van der Waals surface area contributed by atoms with Crippen molar-refractivity contribution in [2.24, 2.45) is 5.41 Å². The van der Waals surface area contributed by atoms with Crippen LogP contribution in [0.4, 0.5) is 0 Å². The van der Waals surface area contributed by atoms with Gasteiger partial charge in [-0.15, -0.1) is 0 Å². The van der Waals surface area contributed by atoms with Gasteiger partial charge in [-0.05, 0) is 51.1 Å². The van der Waals surface area contributed by atoms with Crippen molar-refractivity contribution in [2.75, 3.05) is 7.05 Å². The predicted molar refractivity (Wildman–Crippen MR) is 69.8 cm³/mol. The topological polar surface area (TPSA) is 12.0 Å². The van der Waals surface area contributed by atoms with Crippen LogP contribution in [0.15, 0.2) is 18.2 Å². The molecule has 16 heavy (non-hydrogen) atoms. The van der Waals surface area contributed by atoms with E-state index in [1.54, 1.807) is 0 Å². The molecule has 0 heterocycles. The Kier molecular flexibility index (Phi) is 3.07. The first kappa shape index (κ1) is 11.7. The maximum absolute atomic E-state index is 3.49. The molecule has 1 nitrogen and oxygen atoms in total. The minimum atomic E-state index is 0.548. The van der Waals surface area contributed by atoms with E-state index in [1.165, 1.54) is 29.5 Å². The number of hydrogen-bond donors (Lipinski definition) is 1. The number of aryl methyl sites for hydroxylation is 2. The average Bonchev–Trinajstić information content (AvgIpc) is 2.92. The Balaban J connectivity index is 2.12. The summed E-state index contributed by atoms with van der Waals surface area (Å²) in [5, 5.41) is 3.49. The van der Waals surface area contributed by atoms with Crippen molar-refractivity contribution >= 4 is 0 Å². The molecule has 1 fully saturated rings. The molecule has 1 aromatic carbocycles. The first-order valence-electron chi connectivity index (χ1n) is 6.28. The van der Waals surface area contributed by atoms with Gasteiger partial charge in [0.1, 0.15) is 0 Å². The van der Waals surface area contributed by atoms with Gasteiger partial charge < -0.3 is 5.32 Å². The third-order valence-electron chi connectivity index (χ3n) is 3.95. The average molecular weight is 217 g/mol. The van der Waals surface area contributed by atoms with E-state index in [4.69, 9.17) is 0 Å². The summed E-state index contributed by atoms with van der Waals surface area (Å²) in [6.45, 7) is 6.77. The van der Waals surface area contributed by atoms with Crippen LogP contribution in [0.3, 0.4) is 0 Å². The van der Waals surface area contributed by atoms with Gasteiger partial charge in [0.05, 0.1) is 0 Å². The largest absolute Gasteiger partial charge is 0.316 e. The molecule has 1 saturated carbocycles. The summed E-state index contributed by atoms with van der Waals surface area (Å²) in [4.78, 5) is 0. The third kappa shape index (κ3) is 2.46. The van der Waals surface area contributed by atoms with Crippen molar-refractivity contribution < 1.29 is 0 Å². The zero-order valence-electron chi connectivity index (χ0n) is 10.9. The molecule has 1 N–H and O–H groups in total. The molecular formula is C15H23N. The summed E-state index contributed by atoms with van der Waals surface area (Å²) in [6.07, 6.45) is 3.92. The highest BCUT2D eigenvalue weighted by atomic mass is 14.9. The van der Waals surface area contributed by atoms with Crippen molar-refractivity contribution in [1.82, 2.24) is 5.32 Å². The van der Waals surface area contributed by atoms with Crippen molar-refractivity contribution in [3.05, 3.63) is 34.9 Å². The van der Waals surface area contributed by atoms with E-state index in [0.717, 1.165) is 6.42 Å². The van der Waals surface area contributed by atoms with Gasteiger partial charge in [-0.1, -0.05) is 36.2 Å². The molecule has 0 amide bonds. The minimum Gasteiger partial charge on any atom is -0.316 e. The van der Waals surface area contributed by atoms with E-state index in [9.17, 15) is 0 Å². The molecule has 0 spiro atoms. The van der Waals surface area contributed by atoms with Crippen molar-refractivity contribution in [3.63, 3.8) is 0 Å². The number of hydrogen-bond acceptors (Lipinski definition) is 1. The van der Waals surface area contributed by atoms with E-state index in [0.29, 0.717) is 11.5 Å². The first-order valence-corrected chi connectivity index (χ1v) is 6.28. The molecule has 1 aliphatic carbocycles. The van der Waals surface area contributed by atoms with Crippen LogP contribution < -0.4 is 5.32 Å². The Labute approximate surface area is 99.3 Å². The zero-order chi connectivity index (χ0) is 11.8. The summed E-state index contributed by atoms with van der Waals surface area (Å²) in [5.74, 6) is 0. The molecule has 0 saturated heterocycles. The lowest BCUT2D eigenvalue weighted by Crippen LogP contribution is -2.35. The number of nitrogens with one attached hydrogen (secondary N) is 1. The molecule has 1 atom stereocenters. The summed E-state index contributed by atoms with van der Waals surface area (Å²) in [5.41, 5.74) is 4.79. The lowest BCUT2D eigenvalue weighted by atomic mass is 9.91. The Morgan fingerprint density at radius 1 is 1.19 bits per heavy atom. The van der Waals surface area contributed by atoms with Crippen molar-refractivity contribution in [3.8, 4) is 0 Å². The highest BCUT2D eigenvalue weighted by molar-refractivity contribution is 5.29. The number of benzene rings is 1. The Morgan fingerprint density at radius 3 is 2.19 bits per heavy atom. The van der Waals surface area contributed by atoms with E-state index >= 15 is 0 Å². The van der Waals surface area contributed by atoms with Crippen molar-refractivity contribution in [2.45, 2.75) is 46.1 Å². The second-order valence-corrected chi connectivity index (χ2v) is 5.70. The Hall–Kier alpha value is -0.820. The van der Waals surface area contributed by atoms with Crippen LogP contribution in [0, 0.1) is 19.3 Å². The molecule has 0 bridgehead atoms. The normalized spacial score (nSPS) is 19.5. The molecule has 0 aliphatic heterocycles. The molecule has 0 radical (unpaired) electrons. The maximum atomic E-state index is 3.49. The van der Waals surface area contributed by atoms with Crippen LogP contribution in [-0.4, -0.2) is 13.1 Å². The fourth-order valence-corrected chi connectivity index (χ4v) is 2.67. The van der Waals surface area contributed by atoms with Crippen LogP contribution in [0.5, 0.6) is 0 Å². The lowest BCUT2D eigenvalue weighted by Gasteiger charge is -2.23. The summed E-state index contributed by atoms with van der Waals surface area (Å²) in [7, 11) is 2.09. The highest BCUT2D eigenvalue weighted by Gasteiger charge is 2.43. The number of likely N-dealkylation sites (N-methyl/N-ethyl adjacent to an activating group) is 1. The summed E-state index contributed by atoms with van der Waals surface area (Å²) < 4.78 is 0. The van der Waals surface area contributed by atoms with E-state index < -0.39 is 0 Å². The predicted octanol–water partition coefficient (Wildman–Crippen LogP) is 3.23. The van der Waals surface area contributed by atoms with Crippen LogP contribution in [0.25, 0.3) is 0 Å². The van der Waals surface area contributed by atoms with Gasteiger partial charge >= 0.3 is 0 Å². The van der Waals surface area contributed by atoms with Gasteiger partial charge in [0.2, 0.25) is 0 Å². The smallest absolute Gasteiger partial charge is 0.0158 e. The molecule has 1 aromatic rings. The highest BCUT2D eigenvalue weighted by Crippen LogP contribution is 2.48. The molecule has 1 heteroatoms. The Morgan fingerprint density at radius 2 is 1.75 bits per heavy atom. The summed E-state index contributed by atoms with van der Waals surface area (Å²) >= 11 is 0.